The second-order valence-electron chi connectivity index (χ2n) is 4.46. The van der Waals surface area contributed by atoms with Gasteiger partial charge in [-0.1, -0.05) is 0 Å². The van der Waals surface area contributed by atoms with Gasteiger partial charge in [-0.05, 0) is 26.3 Å². The molecule has 0 fully saturated rings. The summed E-state index contributed by atoms with van der Waals surface area (Å²) in [4.78, 5) is 14.0. The lowest BCUT2D eigenvalue weighted by atomic mass is 10.1. The number of aryl methyl sites for hydroxylation is 1. The summed E-state index contributed by atoms with van der Waals surface area (Å²) in [5.74, 6) is 0.629. The van der Waals surface area contributed by atoms with Gasteiger partial charge >= 0.3 is 0 Å². The minimum atomic E-state index is -0.462. The van der Waals surface area contributed by atoms with Crippen LogP contribution in [0, 0.1) is 17.0 Å². The van der Waals surface area contributed by atoms with Crippen molar-refractivity contribution < 1.29 is 4.92 Å². The van der Waals surface area contributed by atoms with E-state index in [0.29, 0.717) is 12.4 Å². The van der Waals surface area contributed by atoms with E-state index in [2.05, 4.69) is 10.3 Å². The molecule has 1 aromatic rings. The summed E-state index contributed by atoms with van der Waals surface area (Å²) in [5, 5.41) is 13.6. The van der Waals surface area contributed by atoms with Gasteiger partial charge < -0.3 is 11.1 Å². The van der Waals surface area contributed by atoms with E-state index >= 15 is 0 Å². The Hall–Kier alpha value is -1.69. The molecule has 0 aliphatic heterocycles. The zero-order valence-corrected chi connectivity index (χ0v) is 9.65. The number of hydrogen-bond acceptors (Lipinski definition) is 5. The Morgan fingerprint density at radius 3 is 2.69 bits per heavy atom. The average molecular weight is 224 g/mol. The molecule has 16 heavy (non-hydrogen) atoms. The number of anilines is 1. The Balaban J connectivity index is 2.80. The second-order valence-corrected chi connectivity index (χ2v) is 4.46. The minimum Gasteiger partial charge on any atom is -0.368 e. The van der Waals surface area contributed by atoms with Crippen LogP contribution >= 0.6 is 0 Å². The molecular formula is C10H16N4O2. The quantitative estimate of drug-likeness (QED) is 0.596. The van der Waals surface area contributed by atoms with Crippen molar-refractivity contribution in [3.63, 3.8) is 0 Å². The van der Waals surface area contributed by atoms with Gasteiger partial charge in [-0.15, -0.1) is 0 Å². The van der Waals surface area contributed by atoms with Crippen LogP contribution in [0.1, 0.15) is 19.4 Å². The number of pyridine rings is 1. The minimum absolute atomic E-state index is 0.00458. The Bertz CT molecular complexity index is 398. The van der Waals surface area contributed by atoms with Crippen molar-refractivity contribution in [2.45, 2.75) is 26.3 Å². The number of hydrogen-bond donors (Lipinski definition) is 2. The first kappa shape index (κ1) is 12.4. The molecule has 1 rings (SSSR count). The van der Waals surface area contributed by atoms with Crippen LogP contribution in [0.4, 0.5) is 11.5 Å². The number of nitrogens with one attached hydrogen (secondary N) is 1. The maximum absolute atomic E-state index is 10.5. The van der Waals surface area contributed by atoms with Crippen LogP contribution in [0.15, 0.2) is 12.3 Å². The number of nitrogens with zero attached hydrogens (tertiary/aromatic N) is 2. The van der Waals surface area contributed by atoms with Gasteiger partial charge in [0, 0.05) is 18.2 Å². The number of nitrogens with two attached hydrogens (primary N) is 1. The molecule has 0 atom stereocenters. The largest absolute Gasteiger partial charge is 0.368 e. The van der Waals surface area contributed by atoms with Crippen LogP contribution in [0.25, 0.3) is 0 Å². The first-order chi connectivity index (χ1) is 7.29. The zero-order chi connectivity index (χ0) is 12.3. The summed E-state index contributed by atoms with van der Waals surface area (Å²) >= 11 is 0. The fourth-order valence-electron chi connectivity index (χ4n) is 1.16. The van der Waals surface area contributed by atoms with E-state index in [1.165, 1.54) is 12.3 Å². The van der Waals surface area contributed by atoms with Gasteiger partial charge in [0.2, 0.25) is 0 Å². The lowest BCUT2D eigenvalue weighted by molar-refractivity contribution is -0.385. The molecule has 0 aliphatic carbocycles. The lowest BCUT2D eigenvalue weighted by Crippen LogP contribution is -2.39. The molecule has 0 aliphatic rings. The van der Waals surface area contributed by atoms with Crippen molar-refractivity contribution in [3.8, 4) is 0 Å². The van der Waals surface area contributed by atoms with Crippen molar-refractivity contribution in [2.24, 2.45) is 5.73 Å². The maximum Gasteiger partial charge on any atom is 0.287 e. The highest BCUT2D eigenvalue weighted by Crippen LogP contribution is 2.18. The summed E-state index contributed by atoms with van der Waals surface area (Å²) in [6, 6.07) is 1.48. The van der Waals surface area contributed by atoms with E-state index in [-0.39, 0.29) is 11.2 Å². The Morgan fingerprint density at radius 1 is 1.62 bits per heavy atom. The highest BCUT2D eigenvalue weighted by Gasteiger charge is 2.13. The number of nitro groups is 1. The van der Waals surface area contributed by atoms with Crippen LogP contribution in [-0.4, -0.2) is 22.0 Å². The Labute approximate surface area is 94.0 Å². The van der Waals surface area contributed by atoms with E-state index in [1.54, 1.807) is 6.92 Å². The molecule has 0 saturated heterocycles. The van der Waals surface area contributed by atoms with Gasteiger partial charge in [0.1, 0.15) is 12.0 Å². The average Bonchev–Trinajstić information content (AvgIpc) is 2.14. The van der Waals surface area contributed by atoms with Gasteiger partial charge in [0.25, 0.3) is 5.69 Å². The first-order valence-corrected chi connectivity index (χ1v) is 4.93. The molecule has 1 heterocycles. The Morgan fingerprint density at radius 2 is 2.25 bits per heavy atom. The monoisotopic (exact) mass is 224 g/mol. The fourth-order valence-corrected chi connectivity index (χ4v) is 1.16. The van der Waals surface area contributed by atoms with Crippen LogP contribution in [0.2, 0.25) is 0 Å². The summed E-state index contributed by atoms with van der Waals surface area (Å²) in [7, 11) is 0. The van der Waals surface area contributed by atoms with E-state index in [0.717, 1.165) is 5.56 Å². The third kappa shape index (κ3) is 3.47. The maximum atomic E-state index is 10.5. The third-order valence-corrected chi connectivity index (χ3v) is 1.99. The molecule has 1 aromatic heterocycles. The van der Waals surface area contributed by atoms with E-state index in [9.17, 15) is 10.1 Å². The lowest BCUT2D eigenvalue weighted by Gasteiger charge is -2.19. The van der Waals surface area contributed by atoms with Gasteiger partial charge in [0.05, 0.1) is 4.92 Å². The fraction of sp³-hybridized carbons (Fsp3) is 0.500. The summed E-state index contributed by atoms with van der Waals surface area (Å²) < 4.78 is 0. The van der Waals surface area contributed by atoms with Crippen LogP contribution < -0.4 is 11.1 Å². The smallest absolute Gasteiger partial charge is 0.287 e. The molecular weight excluding hydrogens is 208 g/mol. The van der Waals surface area contributed by atoms with Crippen molar-refractivity contribution in [3.05, 3.63) is 27.9 Å². The van der Waals surface area contributed by atoms with Crippen LogP contribution in [0.5, 0.6) is 0 Å². The van der Waals surface area contributed by atoms with Gasteiger partial charge in [0.15, 0.2) is 0 Å². The van der Waals surface area contributed by atoms with Gasteiger partial charge in [-0.3, -0.25) is 10.1 Å². The van der Waals surface area contributed by atoms with Crippen molar-refractivity contribution >= 4 is 11.5 Å². The summed E-state index contributed by atoms with van der Waals surface area (Å²) in [6.07, 6.45) is 1.23. The molecule has 0 unspecified atom stereocenters. The summed E-state index contributed by atoms with van der Waals surface area (Å²) in [6.45, 7) is 6.10. The highest BCUT2D eigenvalue weighted by molar-refractivity contribution is 5.48. The topological polar surface area (TPSA) is 94.1 Å². The molecule has 0 radical (unpaired) electrons. The van der Waals surface area contributed by atoms with Gasteiger partial charge in [-0.2, -0.15) is 0 Å². The normalized spacial score (nSPS) is 11.2. The van der Waals surface area contributed by atoms with E-state index in [1.807, 2.05) is 13.8 Å². The molecule has 0 aromatic carbocycles. The van der Waals surface area contributed by atoms with Gasteiger partial charge in [-0.25, -0.2) is 4.98 Å². The zero-order valence-electron chi connectivity index (χ0n) is 9.65. The summed E-state index contributed by atoms with van der Waals surface area (Å²) in [5.41, 5.74) is 6.19. The second kappa shape index (κ2) is 4.44. The molecule has 0 bridgehead atoms. The van der Waals surface area contributed by atoms with E-state index < -0.39 is 4.92 Å². The molecule has 0 amide bonds. The molecule has 0 saturated carbocycles. The van der Waals surface area contributed by atoms with Crippen LogP contribution in [0.3, 0.4) is 0 Å². The molecule has 88 valence electrons. The first-order valence-electron chi connectivity index (χ1n) is 4.93. The molecule has 6 nitrogen and oxygen atoms in total. The Kier molecular flexibility index (Phi) is 3.44. The predicted molar refractivity (Wildman–Crippen MR) is 62.4 cm³/mol. The highest BCUT2D eigenvalue weighted by atomic mass is 16.6. The number of aromatic nitrogens is 1. The van der Waals surface area contributed by atoms with Crippen LogP contribution in [-0.2, 0) is 0 Å². The SMILES string of the molecule is Cc1cc([N+](=O)[O-])cnc1NCC(C)(C)N. The molecule has 6 heteroatoms. The predicted octanol–water partition coefficient (Wildman–Crippen LogP) is 1.45. The van der Waals surface area contributed by atoms with Crippen molar-refractivity contribution in [1.82, 2.24) is 4.98 Å². The standard InChI is InChI=1S/C10H16N4O2/c1-7-4-8(14(15)16)5-12-9(7)13-6-10(2,3)11/h4-5H,6,11H2,1-3H3,(H,12,13). The molecule has 3 N–H and O–H groups in total. The third-order valence-electron chi connectivity index (χ3n) is 1.99. The van der Waals surface area contributed by atoms with Crippen molar-refractivity contribution in [1.29, 1.82) is 0 Å². The number of rotatable bonds is 4. The molecule has 0 spiro atoms. The van der Waals surface area contributed by atoms with Crippen molar-refractivity contribution in [2.75, 3.05) is 11.9 Å². The van der Waals surface area contributed by atoms with E-state index in [4.69, 9.17) is 5.73 Å².